The normalized spacial score (nSPS) is 11.1. The van der Waals surface area contributed by atoms with Gasteiger partial charge in [0.05, 0.1) is 7.11 Å². The summed E-state index contributed by atoms with van der Waals surface area (Å²) < 4.78 is 41.3. The molecule has 0 amide bonds. The average molecular weight is 204 g/mol. The lowest BCUT2D eigenvalue weighted by Crippen LogP contribution is -2.39. The van der Waals surface area contributed by atoms with Gasteiger partial charge in [-0.25, -0.2) is 4.79 Å². The molecule has 0 aliphatic carbocycles. The van der Waals surface area contributed by atoms with E-state index in [0.717, 1.165) is 25.4 Å². The zero-order valence-electron chi connectivity index (χ0n) is 7.21. The van der Waals surface area contributed by atoms with E-state index in [9.17, 15) is 17.7 Å². The highest BCUT2D eigenvalue weighted by Crippen LogP contribution is 2.10. The zero-order chi connectivity index (χ0) is 10.8. The lowest BCUT2D eigenvalue weighted by molar-refractivity contribution is 0.0595. The Kier molecular flexibility index (Phi) is 2.78. The van der Waals surface area contributed by atoms with Gasteiger partial charge in [-0.2, -0.15) is 0 Å². The van der Waals surface area contributed by atoms with Gasteiger partial charge >= 0.3 is 12.9 Å². The molecule has 1 heterocycles. The van der Waals surface area contributed by atoms with E-state index in [-0.39, 0.29) is 0 Å². The predicted molar refractivity (Wildman–Crippen MR) is 44.3 cm³/mol. The molecule has 0 aliphatic heterocycles. The van der Waals surface area contributed by atoms with Crippen molar-refractivity contribution in [3.63, 3.8) is 0 Å². The molecule has 0 unspecified atom stereocenters. The fourth-order valence-corrected chi connectivity index (χ4v) is 0.949. The molecular weight excluding hydrogens is 198 g/mol. The highest BCUT2D eigenvalue weighted by Gasteiger charge is 2.31. The van der Waals surface area contributed by atoms with E-state index in [1.54, 1.807) is 0 Å². The molecule has 1 aromatic heterocycles. The number of rotatable bonds is 2. The third-order valence-electron chi connectivity index (χ3n) is 1.57. The molecule has 0 aliphatic rings. The highest BCUT2D eigenvalue weighted by molar-refractivity contribution is 6.74. The second-order valence-corrected chi connectivity index (χ2v) is 2.51. The topological polar surface area (TPSA) is 39.2 Å². The summed E-state index contributed by atoms with van der Waals surface area (Å²) in [5, 5.41) is 0. The fraction of sp³-hybridized carbons (Fsp3) is 0.143. The number of ether oxygens (including phenoxy) is 1. The number of halogens is 3. The van der Waals surface area contributed by atoms with Crippen LogP contribution in [0.5, 0.6) is 0 Å². The molecule has 0 spiro atoms. The number of aromatic nitrogens is 1. The third-order valence-corrected chi connectivity index (χ3v) is 1.57. The third kappa shape index (κ3) is 2.04. The Morgan fingerprint density at radius 1 is 1.50 bits per heavy atom. The number of carbonyl (C=O) groups excluding carboxylic acids is 1. The molecule has 0 atom stereocenters. The van der Waals surface area contributed by atoms with Crippen molar-refractivity contribution in [1.29, 1.82) is 0 Å². The minimum atomic E-state index is -5.24. The summed E-state index contributed by atoms with van der Waals surface area (Å²) in [6.07, 6.45) is 1.11. The van der Waals surface area contributed by atoms with Crippen molar-refractivity contribution in [1.82, 2.24) is 4.98 Å². The monoisotopic (exact) mass is 204 g/mol. The van der Waals surface area contributed by atoms with Crippen LogP contribution < -0.4 is 5.46 Å². The van der Waals surface area contributed by atoms with Gasteiger partial charge < -0.3 is 17.7 Å². The maximum Gasteiger partial charge on any atom is 0.512 e. The minimum absolute atomic E-state index is 0.692. The van der Waals surface area contributed by atoms with Gasteiger partial charge in [0.25, 0.3) is 0 Å². The number of hydrogen-bond donors (Lipinski definition) is 0. The van der Waals surface area contributed by atoms with Crippen LogP contribution in [0.3, 0.4) is 0 Å². The maximum absolute atomic E-state index is 12.4. The van der Waals surface area contributed by atoms with Crippen LogP contribution in [0.4, 0.5) is 12.9 Å². The molecule has 0 bridgehead atoms. The molecule has 0 saturated carbocycles. The van der Waals surface area contributed by atoms with E-state index in [1.165, 1.54) is 0 Å². The zero-order valence-corrected chi connectivity index (χ0v) is 7.21. The maximum atomic E-state index is 12.4. The smallest absolute Gasteiger partial charge is 0.464 e. The van der Waals surface area contributed by atoms with Crippen LogP contribution in [-0.4, -0.2) is 25.0 Å². The first-order valence-electron chi connectivity index (χ1n) is 3.70. The van der Waals surface area contributed by atoms with E-state index < -0.39 is 24.1 Å². The van der Waals surface area contributed by atoms with Gasteiger partial charge in [-0.1, -0.05) is 11.5 Å². The van der Waals surface area contributed by atoms with E-state index in [4.69, 9.17) is 0 Å². The number of hydrogen-bond acceptors (Lipinski definition) is 3. The van der Waals surface area contributed by atoms with Crippen LogP contribution in [0.1, 0.15) is 10.5 Å². The standard InChI is InChI=1S/C7H6BF3NO2/c1-14-7(13)6-5(8(9,10)11)3-2-4-12-6/h2-4H,1H3/q-1. The SMILES string of the molecule is COC(=O)c1ncccc1[B-](F)(F)F. The minimum Gasteiger partial charge on any atom is -0.464 e. The van der Waals surface area contributed by atoms with Crippen LogP contribution in [0.2, 0.25) is 0 Å². The molecule has 7 heteroatoms. The molecule has 0 radical (unpaired) electrons. The van der Waals surface area contributed by atoms with E-state index >= 15 is 0 Å². The molecular formula is C7H6BF3NO2-. The molecule has 0 N–H and O–H groups in total. The van der Waals surface area contributed by atoms with Gasteiger partial charge in [-0.3, -0.25) is 4.98 Å². The van der Waals surface area contributed by atoms with Crippen LogP contribution in [0.25, 0.3) is 0 Å². The summed E-state index contributed by atoms with van der Waals surface area (Å²) in [5.74, 6) is -1.08. The van der Waals surface area contributed by atoms with E-state index in [0.29, 0.717) is 0 Å². The summed E-state index contributed by atoms with van der Waals surface area (Å²) in [6.45, 7) is -5.24. The van der Waals surface area contributed by atoms with Gasteiger partial charge in [0, 0.05) is 6.20 Å². The molecule has 76 valence electrons. The van der Waals surface area contributed by atoms with Crippen molar-refractivity contribution in [3.05, 3.63) is 24.0 Å². The van der Waals surface area contributed by atoms with Crippen molar-refractivity contribution in [3.8, 4) is 0 Å². The summed E-state index contributed by atoms with van der Waals surface area (Å²) >= 11 is 0. The van der Waals surface area contributed by atoms with Crippen molar-refractivity contribution in [2.24, 2.45) is 0 Å². The first-order valence-corrected chi connectivity index (χ1v) is 3.70. The van der Waals surface area contributed by atoms with Crippen LogP contribution in [0.15, 0.2) is 18.3 Å². The molecule has 1 rings (SSSR count). The Morgan fingerprint density at radius 3 is 2.64 bits per heavy atom. The molecule has 3 nitrogen and oxygen atoms in total. The van der Waals surface area contributed by atoms with Gasteiger partial charge in [0.2, 0.25) is 0 Å². The Hall–Kier alpha value is -1.53. The predicted octanol–water partition coefficient (Wildman–Crippen LogP) is 0.923. The molecule has 0 aromatic carbocycles. The van der Waals surface area contributed by atoms with Crippen molar-refractivity contribution in [2.45, 2.75) is 0 Å². The van der Waals surface area contributed by atoms with Gasteiger partial charge in [0.15, 0.2) is 0 Å². The second kappa shape index (κ2) is 3.69. The summed E-state index contributed by atoms with van der Waals surface area (Å²) in [4.78, 5) is 14.2. The van der Waals surface area contributed by atoms with Crippen molar-refractivity contribution >= 4 is 18.4 Å². The first-order chi connectivity index (χ1) is 6.46. The largest absolute Gasteiger partial charge is 0.512 e. The Labute approximate surface area is 78.0 Å². The summed E-state index contributed by atoms with van der Waals surface area (Å²) in [7, 11) is 1.00. The number of carbonyl (C=O) groups is 1. The van der Waals surface area contributed by atoms with Crippen LogP contribution in [0, 0.1) is 0 Å². The highest BCUT2D eigenvalue weighted by atomic mass is 19.4. The number of nitrogens with zero attached hydrogens (tertiary/aromatic N) is 1. The Bertz CT molecular complexity index is 353. The van der Waals surface area contributed by atoms with Crippen molar-refractivity contribution < 1.29 is 22.5 Å². The molecule has 0 saturated heterocycles. The molecule has 1 aromatic rings. The average Bonchev–Trinajstić information content (AvgIpc) is 2.15. The lowest BCUT2D eigenvalue weighted by atomic mass is 9.79. The lowest BCUT2D eigenvalue weighted by Gasteiger charge is -2.16. The number of methoxy groups -OCH3 is 1. The van der Waals surface area contributed by atoms with Gasteiger partial charge in [0.1, 0.15) is 5.69 Å². The second-order valence-electron chi connectivity index (χ2n) is 2.51. The van der Waals surface area contributed by atoms with Crippen LogP contribution in [-0.2, 0) is 4.74 Å². The number of esters is 1. The van der Waals surface area contributed by atoms with Gasteiger partial charge in [-0.15, -0.1) is 0 Å². The van der Waals surface area contributed by atoms with Crippen molar-refractivity contribution in [2.75, 3.05) is 7.11 Å². The first kappa shape index (κ1) is 10.6. The molecule has 0 fully saturated rings. The Balaban J connectivity index is 3.23. The Morgan fingerprint density at radius 2 is 2.14 bits per heavy atom. The summed E-state index contributed by atoms with van der Waals surface area (Å²) in [6, 6.07) is 1.93. The fourth-order valence-electron chi connectivity index (χ4n) is 0.949. The van der Waals surface area contributed by atoms with Gasteiger partial charge in [-0.05, 0) is 6.07 Å². The summed E-state index contributed by atoms with van der Waals surface area (Å²) in [5.41, 5.74) is -1.72. The van der Waals surface area contributed by atoms with Crippen LogP contribution >= 0.6 is 0 Å². The van der Waals surface area contributed by atoms with E-state index in [2.05, 4.69) is 9.72 Å². The molecule has 14 heavy (non-hydrogen) atoms. The quantitative estimate of drug-likeness (QED) is 0.531. The number of pyridine rings is 1. The van der Waals surface area contributed by atoms with E-state index in [1.807, 2.05) is 0 Å².